The molecule has 0 bridgehead atoms. The van der Waals surface area contributed by atoms with Crippen molar-refractivity contribution in [3.63, 3.8) is 0 Å². The number of hydrogen-bond donors (Lipinski definition) is 0. The Kier molecular flexibility index (Phi) is 5.03. The van der Waals surface area contributed by atoms with Crippen molar-refractivity contribution in [1.82, 2.24) is 19.7 Å². The van der Waals surface area contributed by atoms with Crippen LogP contribution in [0.25, 0.3) is 0 Å². The van der Waals surface area contributed by atoms with Crippen molar-refractivity contribution in [1.29, 1.82) is 0 Å². The predicted octanol–water partition coefficient (Wildman–Crippen LogP) is 1.51. The maximum absolute atomic E-state index is 12.3. The van der Waals surface area contributed by atoms with Crippen molar-refractivity contribution in [2.75, 3.05) is 21.1 Å². The van der Waals surface area contributed by atoms with Gasteiger partial charge in [0.1, 0.15) is 6.04 Å². The number of likely N-dealkylation sites (N-methyl/N-ethyl adjacent to an activating group) is 2. The highest BCUT2D eigenvalue weighted by molar-refractivity contribution is 7.09. The minimum absolute atomic E-state index is 0.0108. The smallest absolute Gasteiger partial charge is 0.326 e. The minimum Gasteiger partial charge on any atom is -0.340 e. The molecule has 1 aromatic heterocycles. The van der Waals surface area contributed by atoms with Gasteiger partial charge in [0.2, 0.25) is 5.91 Å². The fraction of sp³-hybridized carbons (Fsp3) is 0.600. The van der Waals surface area contributed by atoms with Gasteiger partial charge in [0, 0.05) is 32.4 Å². The summed E-state index contributed by atoms with van der Waals surface area (Å²) in [5, 5.41) is 2.99. The molecule has 4 amide bonds. The summed E-state index contributed by atoms with van der Waals surface area (Å²) < 4.78 is 0. The van der Waals surface area contributed by atoms with E-state index in [1.54, 1.807) is 23.3 Å². The quantitative estimate of drug-likeness (QED) is 0.763. The lowest BCUT2D eigenvalue weighted by Gasteiger charge is -2.20. The summed E-state index contributed by atoms with van der Waals surface area (Å²) in [6.45, 7) is 4.55. The molecule has 0 aromatic carbocycles. The highest BCUT2D eigenvalue weighted by atomic mass is 32.1. The van der Waals surface area contributed by atoms with E-state index in [2.05, 4.69) is 18.8 Å². The van der Waals surface area contributed by atoms with E-state index in [1.165, 1.54) is 19.0 Å². The van der Waals surface area contributed by atoms with Crippen molar-refractivity contribution < 1.29 is 14.4 Å². The van der Waals surface area contributed by atoms with Crippen LogP contribution >= 0.6 is 11.3 Å². The van der Waals surface area contributed by atoms with E-state index in [4.69, 9.17) is 0 Å². The summed E-state index contributed by atoms with van der Waals surface area (Å²) in [6.07, 6.45) is -0.0108. The van der Waals surface area contributed by atoms with Crippen LogP contribution in [0.3, 0.4) is 0 Å². The van der Waals surface area contributed by atoms with Crippen LogP contribution < -0.4 is 0 Å². The molecule has 23 heavy (non-hydrogen) atoms. The highest BCUT2D eigenvalue weighted by Gasteiger charge is 2.42. The molecule has 1 aliphatic heterocycles. The fourth-order valence-electron chi connectivity index (χ4n) is 2.39. The molecule has 0 radical (unpaired) electrons. The number of imide groups is 1. The summed E-state index contributed by atoms with van der Waals surface area (Å²) in [4.78, 5) is 44.5. The first-order valence-electron chi connectivity index (χ1n) is 7.45. The van der Waals surface area contributed by atoms with Crippen molar-refractivity contribution >= 4 is 29.2 Å². The van der Waals surface area contributed by atoms with Crippen molar-refractivity contribution in [3.8, 4) is 0 Å². The molecule has 8 heteroatoms. The molecule has 0 saturated carbocycles. The number of aromatic nitrogens is 1. The Bertz CT molecular complexity index is 628. The van der Waals surface area contributed by atoms with Gasteiger partial charge in [-0.1, -0.05) is 13.8 Å². The maximum Gasteiger partial charge on any atom is 0.326 e. The molecule has 2 rings (SSSR count). The average molecular weight is 338 g/mol. The number of carbonyl (C=O) groups excluding carboxylic acids is 3. The number of hydrogen-bond acceptors (Lipinski definition) is 5. The van der Waals surface area contributed by atoms with Gasteiger partial charge < -0.3 is 9.80 Å². The monoisotopic (exact) mass is 338 g/mol. The first-order chi connectivity index (χ1) is 10.7. The minimum atomic E-state index is -0.718. The number of nitrogens with zero attached hydrogens (tertiary/aromatic N) is 4. The fourth-order valence-corrected chi connectivity index (χ4v) is 3.22. The van der Waals surface area contributed by atoms with Crippen molar-refractivity contribution in [2.24, 2.45) is 0 Å². The zero-order valence-electron chi connectivity index (χ0n) is 14.1. The molecule has 1 aromatic rings. The van der Waals surface area contributed by atoms with Crippen molar-refractivity contribution in [2.45, 2.75) is 38.8 Å². The zero-order chi connectivity index (χ0) is 17.3. The highest BCUT2D eigenvalue weighted by Crippen LogP contribution is 2.21. The molecule has 126 valence electrons. The Hall–Kier alpha value is -1.96. The van der Waals surface area contributed by atoms with E-state index >= 15 is 0 Å². The summed E-state index contributed by atoms with van der Waals surface area (Å²) in [5.74, 6) is -0.159. The van der Waals surface area contributed by atoms with E-state index in [9.17, 15) is 14.4 Å². The molecule has 7 nitrogen and oxygen atoms in total. The molecule has 1 unspecified atom stereocenters. The van der Waals surface area contributed by atoms with Crippen molar-refractivity contribution in [3.05, 3.63) is 16.1 Å². The molecule has 1 atom stereocenters. The SMILES string of the molecule is CC(C)c1nc(CN(C)C(=O)CC2C(=O)N(C)C(=O)N2C)cs1. The van der Waals surface area contributed by atoms with Crippen LogP contribution in [0.2, 0.25) is 0 Å². The van der Waals surface area contributed by atoms with Gasteiger partial charge in [-0.05, 0) is 0 Å². The molecular formula is C15H22N4O3S. The van der Waals surface area contributed by atoms with Gasteiger partial charge in [-0.15, -0.1) is 11.3 Å². The van der Waals surface area contributed by atoms with Crippen LogP contribution in [0.1, 0.15) is 36.9 Å². The first-order valence-corrected chi connectivity index (χ1v) is 8.33. The van der Waals surface area contributed by atoms with E-state index in [-0.39, 0.29) is 24.3 Å². The van der Waals surface area contributed by atoms with Crippen LogP contribution in [0, 0.1) is 0 Å². The van der Waals surface area contributed by atoms with Crippen LogP contribution in [-0.2, 0) is 16.1 Å². The van der Waals surface area contributed by atoms with Crippen LogP contribution in [-0.4, -0.2) is 64.7 Å². The molecule has 1 saturated heterocycles. The third-order valence-electron chi connectivity index (χ3n) is 3.93. The number of thiazole rings is 1. The third-order valence-corrected chi connectivity index (χ3v) is 5.12. The second-order valence-corrected chi connectivity index (χ2v) is 6.98. The largest absolute Gasteiger partial charge is 0.340 e. The normalized spacial score (nSPS) is 18.3. The summed E-state index contributed by atoms with van der Waals surface area (Å²) >= 11 is 1.58. The number of urea groups is 1. The topological polar surface area (TPSA) is 73.8 Å². The van der Waals surface area contributed by atoms with Gasteiger partial charge in [0.05, 0.1) is 23.7 Å². The molecule has 2 heterocycles. The molecule has 1 aliphatic rings. The van der Waals surface area contributed by atoms with Crippen LogP contribution in [0.4, 0.5) is 4.79 Å². The lowest BCUT2D eigenvalue weighted by atomic mass is 10.1. The Morgan fingerprint density at radius 2 is 2.04 bits per heavy atom. The molecular weight excluding hydrogens is 316 g/mol. The number of rotatable bonds is 5. The second-order valence-electron chi connectivity index (χ2n) is 6.09. The summed E-state index contributed by atoms with van der Waals surface area (Å²) in [7, 11) is 4.65. The Morgan fingerprint density at radius 3 is 2.52 bits per heavy atom. The van der Waals surface area contributed by atoms with Gasteiger partial charge in [-0.2, -0.15) is 0 Å². The van der Waals surface area contributed by atoms with E-state index in [1.807, 2.05) is 5.38 Å². The Morgan fingerprint density at radius 1 is 1.39 bits per heavy atom. The van der Waals surface area contributed by atoms with Gasteiger partial charge in [-0.3, -0.25) is 14.5 Å². The number of amides is 4. The molecule has 0 N–H and O–H groups in total. The third kappa shape index (κ3) is 3.52. The average Bonchev–Trinajstić information content (AvgIpc) is 3.03. The predicted molar refractivity (Wildman–Crippen MR) is 87.0 cm³/mol. The van der Waals surface area contributed by atoms with Gasteiger partial charge >= 0.3 is 6.03 Å². The van der Waals surface area contributed by atoms with Crippen LogP contribution in [0.15, 0.2) is 5.38 Å². The lowest BCUT2D eigenvalue weighted by Crippen LogP contribution is -2.38. The van der Waals surface area contributed by atoms with Gasteiger partial charge in [0.25, 0.3) is 5.91 Å². The summed E-state index contributed by atoms with van der Waals surface area (Å²) in [6, 6.07) is -1.10. The van der Waals surface area contributed by atoms with Gasteiger partial charge in [-0.25, -0.2) is 9.78 Å². The van der Waals surface area contributed by atoms with E-state index in [0.717, 1.165) is 15.6 Å². The second kappa shape index (κ2) is 6.66. The van der Waals surface area contributed by atoms with E-state index < -0.39 is 6.04 Å². The number of carbonyl (C=O) groups is 3. The van der Waals surface area contributed by atoms with Gasteiger partial charge in [0.15, 0.2) is 0 Å². The van der Waals surface area contributed by atoms with E-state index in [0.29, 0.717) is 12.5 Å². The van der Waals surface area contributed by atoms with Crippen LogP contribution in [0.5, 0.6) is 0 Å². The first kappa shape index (κ1) is 17.4. The Balaban J connectivity index is 1.97. The molecule has 1 fully saturated rings. The molecule has 0 aliphatic carbocycles. The molecule has 0 spiro atoms. The maximum atomic E-state index is 12.3. The lowest BCUT2D eigenvalue weighted by molar-refractivity contribution is -0.135. The summed E-state index contributed by atoms with van der Waals surface area (Å²) in [5.41, 5.74) is 0.842. The zero-order valence-corrected chi connectivity index (χ0v) is 14.9. The Labute approximate surface area is 139 Å². The standard InChI is InChI=1S/C15H22N4O3S/c1-9(2)13-16-10(8-23-13)7-17(3)12(20)6-11-14(21)19(5)15(22)18(11)4/h8-9,11H,6-7H2,1-5H3.